The highest BCUT2D eigenvalue weighted by molar-refractivity contribution is 7.80. The molecular weight excluding hydrogens is 546 g/mol. The van der Waals surface area contributed by atoms with Crippen LogP contribution in [0.2, 0.25) is 0 Å². The second kappa shape index (κ2) is 13.5. The molecule has 0 amide bonds. The van der Waals surface area contributed by atoms with Gasteiger partial charge in [0.05, 0.1) is 5.54 Å². The summed E-state index contributed by atoms with van der Waals surface area (Å²) in [6.07, 6.45) is 0. The summed E-state index contributed by atoms with van der Waals surface area (Å²) in [5, 5.41) is 0. The lowest BCUT2D eigenvalue weighted by atomic mass is 10.1. The number of rotatable bonds is 11. The highest BCUT2D eigenvalue weighted by Crippen LogP contribution is 2.77. The maximum Gasteiger partial charge on any atom is 0.306 e. The smallest absolute Gasteiger partial charge is 0.273 e. The Morgan fingerprint density at radius 1 is 0.432 bits per heavy atom. The zero-order valence-electron chi connectivity index (χ0n) is 27.2. The van der Waals surface area contributed by atoms with E-state index in [1.165, 1.54) is 0 Å². The normalized spacial score (nSPS) is 14.8. The van der Waals surface area contributed by atoms with E-state index in [9.17, 15) is 0 Å². The maximum atomic E-state index is 7.17. The monoisotopic (exact) mass is 605 g/mol. The first kappa shape index (κ1) is 37.6. The number of hydrogen-bond acceptors (Lipinski definition) is 1. The van der Waals surface area contributed by atoms with Crippen LogP contribution >= 0.6 is 30.0 Å². The molecule has 0 fully saturated rings. The van der Waals surface area contributed by atoms with Crippen molar-refractivity contribution in [1.82, 2.24) is 37.4 Å². The van der Waals surface area contributed by atoms with Crippen molar-refractivity contribution in [2.24, 2.45) is 23.8 Å². The highest BCUT2D eigenvalue weighted by atomic mass is 31.3. The zero-order chi connectivity index (χ0) is 29.9. The van der Waals surface area contributed by atoms with Gasteiger partial charge in [-0.2, -0.15) is 13.5 Å². The van der Waals surface area contributed by atoms with Crippen molar-refractivity contribution in [3.8, 4) is 0 Å². The van der Waals surface area contributed by atoms with Gasteiger partial charge in [0.2, 0.25) is 0 Å². The molecule has 0 unspecified atom stereocenters. The van der Waals surface area contributed by atoms with Crippen LogP contribution in [0.15, 0.2) is 18.3 Å². The van der Waals surface area contributed by atoms with Crippen LogP contribution in [-0.4, -0.2) is 156 Å². The largest absolute Gasteiger partial charge is 0.306 e. The average molecular weight is 606 g/mol. The molecule has 0 atom stereocenters. The van der Waals surface area contributed by atoms with Gasteiger partial charge in [-0.1, -0.05) is 0 Å². The van der Waals surface area contributed by atoms with E-state index >= 15 is 0 Å². The van der Waals surface area contributed by atoms with Gasteiger partial charge in [-0.3, -0.25) is 42.9 Å². The van der Waals surface area contributed by atoms with Gasteiger partial charge >= 0.3 is 7.51 Å². The van der Waals surface area contributed by atoms with Crippen molar-refractivity contribution in [2.75, 3.05) is 113 Å². The fourth-order valence-electron chi connectivity index (χ4n) is 4.16. The van der Waals surface area contributed by atoms with Crippen LogP contribution in [0, 0.1) is 0 Å². The summed E-state index contributed by atoms with van der Waals surface area (Å²) in [4.78, 5) is 0. The SMILES string of the molecule is CN(C)P(N)(=NP(=NC(C)(C)C)(N=P(N(C)C)(N(C)C)N(C)C)N=P(N(C)C)(N(C)C)N(C)C)N(C)C. The lowest BCUT2D eigenvalue weighted by Gasteiger charge is -2.45. The fourth-order valence-corrected chi connectivity index (χ4v) is 21.0. The maximum absolute atomic E-state index is 7.17. The Kier molecular flexibility index (Phi) is 13.7. The van der Waals surface area contributed by atoms with E-state index < -0.39 is 35.6 Å². The zero-order valence-corrected chi connectivity index (χ0v) is 30.8. The van der Waals surface area contributed by atoms with Crippen LogP contribution in [-0.2, 0) is 0 Å². The van der Waals surface area contributed by atoms with Crippen molar-refractivity contribution in [1.29, 1.82) is 0 Å². The van der Waals surface area contributed by atoms with Crippen molar-refractivity contribution in [3.63, 3.8) is 0 Å². The predicted octanol–water partition coefficient (Wildman–Crippen LogP) is 5.02. The molecule has 0 heterocycles. The molecule has 0 radical (unpaired) electrons. The van der Waals surface area contributed by atoms with E-state index in [0.29, 0.717) is 0 Å². The van der Waals surface area contributed by atoms with E-state index in [0.717, 1.165) is 0 Å². The van der Waals surface area contributed by atoms with E-state index in [4.69, 9.17) is 23.8 Å². The second-order valence-corrected chi connectivity index (χ2v) is 24.7. The first-order chi connectivity index (χ1) is 16.4. The molecule has 37 heavy (non-hydrogen) atoms. The number of nitrogens with zero attached hydrogens (tertiary/aromatic N) is 12. The quantitative estimate of drug-likeness (QED) is 0.325. The molecule has 0 rings (SSSR count). The van der Waals surface area contributed by atoms with E-state index in [2.05, 4.69) is 133 Å². The van der Waals surface area contributed by atoms with Crippen LogP contribution in [0.3, 0.4) is 0 Å². The van der Waals surface area contributed by atoms with Crippen molar-refractivity contribution >= 4 is 30.0 Å². The number of hydrogen-bond donors (Lipinski definition) is 1. The highest BCUT2D eigenvalue weighted by Gasteiger charge is 2.40. The molecule has 224 valence electrons. The molecule has 0 aromatic carbocycles. The Morgan fingerprint density at radius 2 is 0.676 bits per heavy atom. The first-order valence-corrected chi connectivity index (χ1v) is 18.7. The molecule has 0 aliphatic heterocycles. The van der Waals surface area contributed by atoms with Crippen molar-refractivity contribution in [3.05, 3.63) is 0 Å². The Bertz CT molecular complexity index is 856. The van der Waals surface area contributed by atoms with Crippen molar-refractivity contribution < 1.29 is 0 Å². The van der Waals surface area contributed by atoms with Crippen LogP contribution in [0.4, 0.5) is 0 Å². The third-order valence-corrected chi connectivity index (χ3v) is 21.1. The third kappa shape index (κ3) is 8.29. The standard InChI is InChI=1S/C20H59N13P4/c1-20(2,3)22-35(23-34(21,26(4)5)27(6)7,24-36(28(8)9,29(10)11)30(12)13)25-37(31(14)15,32(16)17)33(18)19/h21H2,1-19H3. The summed E-state index contributed by atoms with van der Waals surface area (Å²) in [6.45, 7) is 6.27. The Hall–Kier alpha value is 0.560. The minimum absolute atomic E-state index is 0.463. The molecule has 0 aromatic rings. The first-order valence-electron chi connectivity index (χ1n) is 12.1. The lowest BCUT2D eigenvalue weighted by Crippen LogP contribution is -2.31. The molecule has 2 N–H and O–H groups in total. The topological polar surface area (TPSA) is 101 Å². The van der Waals surface area contributed by atoms with Gasteiger partial charge in [0.1, 0.15) is 0 Å². The number of nitrogens with two attached hydrogens (primary N) is 1. The van der Waals surface area contributed by atoms with Gasteiger partial charge in [0, 0.05) is 0 Å². The summed E-state index contributed by atoms with van der Waals surface area (Å²) in [5.74, 6) is 0. The van der Waals surface area contributed by atoms with E-state index in [-0.39, 0.29) is 0 Å². The summed E-state index contributed by atoms with van der Waals surface area (Å²) >= 11 is 0. The third-order valence-electron chi connectivity index (χ3n) is 5.56. The average Bonchev–Trinajstić information content (AvgIpc) is 2.66. The predicted molar refractivity (Wildman–Crippen MR) is 171 cm³/mol. The Labute approximate surface area is 230 Å². The van der Waals surface area contributed by atoms with E-state index in [1.54, 1.807) is 0 Å². The van der Waals surface area contributed by atoms with Gasteiger partial charge in [-0.25, -0.2) is 4.74 Å². The summed E-state index contributed by atoms with van der Waals surface area (Å²) < 4.78 is 39.6. The minimum atomic E-state index is -3.22. The molecule has 0 aromatic heterocycles. The fraction of sp³-hybridized carbons (Fsp3) is 1.00. The molecular formula is C20H59N13P4. The molecule has 0 saturated carbocycles. The van der Waals surface area contributed by atoms with Gasteiger partial charge < -0.3 is 0 Å². The minimum Gasteiger partial charge on any atom is -0.273 e. The summed E-state index contributed by atoms with van der Waals surface area (Å²) in [5.41, 5.74) is 6.71. The molecule has 0 bridgehead atoms. The molecule has 0 aliphatic rings. The molecule has 13 nitrogen and oxygen atoms in total. The van der Waals surface area contributed by atoms with Crippen LogP contribution < -0.4 is 5.50 Å². The van der Waals surface area contributed by atoms with Crippen LogP contribution in [0.25, 0.3) is 0 Å². The summed E-state index contributed by atoms with van der Waals surface area (Å²) in [6, 6.07) is 0. The van der Waals surface area contributed by atoms with Crippen LogP contribution in [0.5, 0.6) is 0 Å². The molecule has 0 saturated heterocycles. The van der Waals surface area contributed by atoms with Gasteiger partial charge in [0.25, 0.3) is 0 Å². The van der Waals surface area contributed by atoms with E-state index in [1.807, 2.05) is 37.5 Å². The van der Waals surface area contributed by atoms with Gasteiger partial charge in [-0.05, 0) is 134 Å². The van der Waals surface area contributed by atoms with Crippen molar-refractivity contribution in [2.45, 2.75) is 26.3 Å². The molecule has 0 aliphatic carbocycles. The Balaban J connectivity index is 9.13. The summed E-state index contributed by atoms with van der Waals surface area (Å²) in [7, 11) is 21.9. The van der Waals surface area contributed by atoms with Gasteiger partial charge in [0.15, 0.2) is 22.5 Å². The molecule has 17 heteroatoms. The molecule has 0 spiro atoms. The van der Waals surface area contributed by atoms with Gasteiger partial charge in [-0.15, -0.1) is 0 Å². The van der Waals surface area contributed by atoms with Crippen LogP contribution in [0.1, 0.15) is 20.8 Å². The Morgan fingerprint density at radius 3 is 0.838 bits per heavy atom. The lowest BCUT2D eigenvalue weighted by molar-refractivity contribution is 0.473. The second-order valence-electron chi connectivity index (χ2n) is 11.5.